The summed E-state index contributed by atoms with van der Waals surface area (Å²) in [6.45, 7) is 2.79. The molecule has 0 bridgehead atoms. The van der Waals surface area contributed by atoms with Crippen LogP contribution in [0.15, 0.2) is 41.9 Å². The number of imidazole rings is 1. The van der Waals surface area contributed by atoms with Crippen LogP contribution in [0.4, 0.5) is 0 Å². The van der Waals surface area contributed by atoms with Gasteiger partial charge in [0.05, 0.1) is 13.4 Å². The molecule has 0 aliphatic rings. The minimum Gasteiger partial charge on any atom is -0.497 e. The molecule has 6 nitrogen and oxygen atoms in total. The maximum atomic E-state index is 5.28. The molecule has 25 heavy (non-hydrogen) atoms. The lowest BCUT2D eigenvalue weighted by Gasteiger charge is -2.17. The summed E-state index contributed by atoms with van der Waals surface area (Å²) in [5.74, 6) is 0.903. The first-order valence-electron chi connectivity index (χ1n) is 8.22. The Morgan fingerprint density at radius 3 is 2.92 bits per heavy atom. The van der Waals surface area contributed by atoms with E-state index in [0.29, 0.717) is 0 Å². The van der Waals surface area contributed by atoms with Gasteiger partial charge in [0.2, 0.25) is 0 Å². The minimum absolute atomic E-state index is 0.889. The average molecular weight is 357 g/mol. The molecule has 7 heteroatoms. The van der Waals surface area contributed by atoms with Crippen molar-refractivity contribution in [2.24, 2.45) is 0 Å². The van der Waals surface area contributed by atoms with Crippen LogP contribution in [-0.2, 0) is 13.1 Å². The number of nitrogens with zero attached hydrogens (tertiary/aromatic N) is 5. The first-order valence-corrected chi connectivity index (χ1v) is 9.45. The van der Waals surface area contributed by atoms with Crippen LogP contribution in [0.5, 0.6) is 5.75 Å². The number of benzene rings is 1. The summed E-state index contributed by atoms with van der Waals surface area (Å²) < 4.78 is 7.39. The van der Waals surface area contributed by atoms with Crippen molar-refractivity contribution in [2.45, 2.75) is 24.5 Å². The Hall–Kier alpha value is -2.12. The van der Waals surface area contributed by atoms with Gasteiger partial charge in [-0.05, 0) is 44.0 Å². The SMILES string of the molecule is COc1cccc(CN(C)CCCn2cnc3c(SC)ncnc32)c1. The van der Waals surface area contributed by atoms with Gasteiger partial charge in [0.25, 0.3) is 0 Å². The summed E-state index contributed by atoms with van der Waals surface area (Å²) in [6, 6.07) is 8.21. The van der Waals surface area contributed by atoms with Crippen molar-refractivity contribution in [1.82, 2.24) is 24.4 Å². The molecule has 0 saturated heterocycles. The highest BCUT2D eigenvalue weighted by Crippen LogP contribution is 2.21. The van der Waals surface area contributed by atoms with Crippen molar-refractivity contribution >= 4 is 22.9 Å². The van der Waals surface area contributed by atoms with Crippen molar-refractivity contribution in [3.05, 3.63) is 42.5 Å². The highest BCUT2D eigenvalue weighted by Gasteiger charge is 2.09. The third kappa shape index (κ3) is 4.29. The number of hydrogen-bond donors (Lipinski definition) is 0. The number of aryl methyl sites for hydroxylation is 1. The molecular formula is C18H23N5OS. The number of methoxy groups -OCH3 is 1. The quantitative estimate of drug-likeness (QED) is 0.456. The predicted molar refractivity (Wildman–Crippen MR) is 101 cm³/mol. The molecule has 0 aliphatic heterocycles. The second kappa shape index (κ2) is 8.31. The van der Waals surface area contributed by atoms with E-state index >= 15 is 0 Å². The molecule has 0 atom stereocenters. The van der Waals surface area contributed by atoms with Crippen molar-refractivity contribution in [3.8, 4) is 5.75 Å². The van der Waals surface area contributed by atoms with E-state index in [1.54, 1.807) is 25.2 Å². The van der Waals surface area contributed by atoms with Gasteiger partial charge in [0.1, 0.15) is 22.6 Å². The topological polar surface area (TPSA) is 56.1 Å². The van der Waals surface area contributed by atoms with Crippen LogP contribution in [-0.4, -0.2) is 51.4 Å². The maximum Gasteiger partial charge on any atom is 0.164 e. The van der Waals surface area contributed by atoms with Crippen LogP contribution in [0.2, 0.25) is 0 Å². The Labute approximate surface area is 152 Å². The van der Waals surface area contributed by atoms with Gasteiger partial charge in [-0.3, -0.25) is 0 Å². The van der Waals surface area contributed by atoms with Crippen molar-refractivity contribution in [2.75, 3.05) is 27.0 Å². The Kier molecular flexibility index (Phi) is 5.88. The minimum atomic E-state index is 0.889. The second-order valence-electron chi connectivity index (χ2n) is 5.94. The monoisotopic (exact) mass is 357 g/mol. The van der Waals surface area contributed by atoms with E-state index in [1.807, 2.05) is 24.7 Å². The molecule has 0 amide bonds. The highest BCUT2D eigenvalue weighted by molar-refractivity contribution is 7.98. The molecule has 1 aromatic carbocycles. The maximum absolute atomic E-state index is 5.28. The molecule has 0 spiro atoms. The van der Waals surface area contributed by atoms with Crippen LogP contribution >= 0.6 is 11.8 Å². The van der Waals surface area contributed by atoms with Gasteiger partial charge in [-0.2, -0.15) is 0 Å². The summed E-state index contributed by atoms with van der Waals surface area (Å²) in [7, 11) is 3.84. The van der Waals surface area contributed by atoms with E-state index in [2.05, 4.69) is 43.6 Å². The van der Waals surface area contributed by atoms with Crippen LogP contribution in [0.25, 0.3) is 11.2 Å². The van der Waals surface area contributed by atoms with Gasteiger partial charge < -0.3 is 14.2 Å². The number of rotatable bonds is 8. The fraction of sp³-hybridized carbons (Fsp3) is 0.389. The van der Waals surface area contributed by atoms with Gasteiger partial charge in [-0.25, -0.2) is 15.0 Å². The van der Waals surface area contributed by atoms with Crippen LogP contribution in [0.1, 0.15) is 12.0 Å². The number of thioether (sulfide) groups is 1. The number of fused-ring (bicyclic) bond motifs is 1. The number of aromatic nitrogens is 4. The smallest absolute Gasteiger partial charge is 0.164 e. The zero-order valence-electron chi connectivity index (χ0n) is 14.8. The van der Waals surface area contributed by atoms with Crippen LogP contribution in [0, 0.1) is 0 Å². The third-order valence-electron chi connectivity index (χ3n) is 4.09. The van der Waals surface area contributed by atoms with E-state index < -0.39 is 0 Å². The highest BCUT2D eigenvalue weighted by atomic mass is 32.2. The molecule has 2 aromatic heterocycles. The van der Waals surface area contributed by atoms with Crippen molar-refractivity contribution in [1.29, 1.82) is 0 Å². The Balaban J connectivity index is 1.55. The lowest BCUT2D eigenvalue weighted by Crippen LogP contribution is -2.20. The first kappa shape index (κ1) is 17.7. The zero-order chi connectivity index (χ0) is 17.6. The summed E-state index contributed by atoms with van der Waals surface area (Å²) in [4.78, 5) is 15.4. The van der Waals surface area contributed by atoms with Crippen LogP contribution < -0.4 is 4.74 Å². The fourth-order valence-corrected chi connectivity index (χ4v) is 3.33. The molecule has 3 rings (SSSR count). The average Bonchev–Trinajstić information content (AvgIpc) is 3.05. The van der Waals surface area contributed by atoms with Gasteiger partial charge in [-0.1, -0.05) is 12.1 Å². The Morgan fingerprint density at radius 2 is 2.12 bits per heavy atom. The van der Waals surface area contributed by atoms with Gasteiger partial charge in [0.15, 0.2) is 5.65 Å². The van der Waals surface area contributed by atoms with E-state index in [9.17, 15) is 0 Å². The molecule has 0 N–H and O–H groups in total. The van der Waals surface area contributed by atoms with E-state index in [4.69, 9.17) is 4.74 Å². The standard InChI is InChI=1S/C18H23N5OS/c1-22(11-14-6-4-7-15(10-14)24-2)8-5-9-23-13-21-16-17(23)19-12-20-18(16)25-3/h4,6-7,10,12-13H,5,8-9,11H2,1-3H3. The summed E-state index contributed by atoms with van der Waals surface area (Å²) in [5, 5.41) is 0.930. The summed E-state index contributed by atoms with van der Waals surface area (Å²) in [5.41, 5.74) is 3.06. The molecule has 132 valence electrons. The van der Waals surface area contributed by atoms with Crippen molar-refractivity contribution < 1.29 is 4.74 Å². The van der Waals surface area contributed by atoms with Gasteiger partial charge >= 0.3 is 0 Å². The summed E-state index contributed by atoms with van der Waals surface area (Å²) in [6.07, 6.45) is 6.52. The lowest BCUT2D eigenvalue weighted by atomic mass is 10.2. The molecule has 0 fully saturated rings. The Morgan fingerprint density at radius 1 is 1.24 bits per heavy atom. The first-order chi connectivity index (χ1) is 12.2. The lowest BCUT2D eigenvalue weighted by molar-refractivity contribution is 0.314. The number of ether oxygens (including phenoxy) is 1. The normalized spacial score (nSPS) is 11.4. The fourth-order valence-electron chi connectivity index (χ4n) is 2.84. The van der Waals surface area contributed by atoms with E-state index in [1.165, 1.54) is 5.56 Å². The molecular weight excluding hydrogens is 334 g/mol. The second-order valence-corrected chi connectivity index (χ2v) is 6.73. The molecule has 0 aliphatic carbocycles. The van der Waals surface area contributed by atoms with Crippen molar-refractivity contribution in [3.63, 3.8) is 0 Å². The largest absolute Gasteiger partial charge is 0.497 e. The third-order valence-corrected chi connectivity index (χ3v) is 4.77. The zero-order valence-corrected chi connectivity index (χ0v) is 15.7. The molecule has 0 saturated carbocycles. The van der Waals surface area contributed by atoms with E-state index in [0.717, 1.165) is 48.0 Å². The van der Waals surface area contributed by atoms with E-state index in [-0.39, 0.29) is 0 Å². The molecule has 2 heterocycles. The Bertz CT molecular complexity index is 835. The predicted octanol–water partition coefficient (Wildman–Crippen LogP) is 3.08. The molecule has 0 radical (unpaired) electrons. The summed E-state index contributed by atoms with van der Waals surface area (Å²) >= 11 is 1.60. The van der Waals surface area contributed by atoms with Gasteiger partial charge in [-0.15, -0.1) is 11.8 Å². The molecule has 3 aromatic rings. The van der Waals surface area contributed by atoms with Crippen LogP contribution in [0.3, 0.4) is 0 Å². The number of hydrogen-bond acceptors (Lipinski definition) is 6. The van der Waals surface area contributed by atoms with Gasteiger partial charge in [0, 0.05) is 13.1 Å². The molecule has 0 unspecified atom stereocenters.